The quantitative estimate of drug-likeness (QED) is 0.139. The molecule has 0 atom stereocenters. The third-order valence-corrected chi connectivity index (χ3v) is 6.46. The van der Waals surface area contributed by atoms with E-state index in [9.17, 15) is 4.79 Å². The van der Waals surface area contributed by atoms with Crippen LogP contribution in [0.5, 0.6) is 34.5 Å². The molecule has 0 aliphatic rings. The summed E-state index contributed by atoms with van der Waals surface area (Å²) in [6, 6.07) is 48.8. The highest BCUT2D eigenvalue weighted by molar-refractivity contribution is 5.82. The number of hydrogen-bond acceptors (Lipinski definition) is 5. The number of rotatable bonds is 8. The second-order valence-electron chi connectivity index (χ2n) is 9.27. The summed E-state index contributed by atoms with van der Waals surface area (Å²) < 4.78 is 23.9. The van der Waals surface area contributed by atoms with E-state index in [-0.39, 0.29) is 0 Å². The predicted octanol–water partition coefficient (Wildman–Crippen LogP) is 10.2. The van der Waals surface area contributed by atoms with Gasteiger partial charge in [-0.3, -0.25) is 0 Å². The topological polar surface area (TPSA) is 54.0 Å². The molecule has 5 heteroatoms. The van der Waals surface area contributed by atoms with Gasteiger partial charge in [-0.1, -0.05) is 109 Å². The molecule has 6 aromatic rings. The number of para-hydroxylation sites is 6. The highest BCUT2D eigenvalue weighted by Crippen LogP contribution is 2.40. The molecule has 42 heavy (non-hydrogen) atoms. The van der Waals surface area contributed by atoms with Crippen molar-refractivity contribution in [3.8, 4) is 56.8 Å². The Labute approximate surface area is 244 Å². The van der Waals surface area contributed by atoms with Crippen LogP contribution in [0.2, 0.25) is 0 Å². The lowest BCUT2D eigenvalue weighted by atomic mass is 10.0. The average Bonchev–Trinajstić information content (AvgIpc) is 3.03. The van der Waals surface area contributed by atoms with Crippen molar-refractivity contribution in [2.45, 2.75) is 0 Å². The molecule has 0 amide bonds. The van der Waals surface area contributed by atoms with Gasteiger partial charge < -0.3 is 18.9 Å². The molecule has 204 valence electrons. The molecule has 0 saturated carbocycles. The smallest absolute Gasteiger partial charge is 0.457 e. The first-order valence-corrected chi connectivity index (χ1v) is 13.5. The highest BCUT2D eigenvalue weighted by Gasteiger charge is 2.19. The Morgan fingerprint density at radius 1 is 0.333 bits per heavy atom. The van der Waals surface area contributed by atoms with Gasteiger partial charge in [0.2, 0.25) is 0 Å². The first-order valence-electron chi connectivity index (χ1n) is 13.5. The van der Waals surface area contributed by atoms with Crippen LogP contribution in [0.1, 0.15) is 0 Å². The predicted molar refractivity (Wildman–Crippen MR) is 163 cm³/mol. The summed E-state index contributed by atoms with van der Waals surface area (Å²) in [6.45, 7) is 0. The SMILES string of the molecule is O=C(Oc1ccccc1-c1ccccc1Oc1ccccc1)Oc1ccccc1-c1ccccc1Oc1ccccc1. The van der Waals surface area contributed by atoms with E-state index in [2.05, 4.69) is 0 Å². The average molecular weight is 551 g/mol. The molecule has 0 aliphatic carbocycles. The van der Waals surface area contributed by atoms with Gasteiger partial charge in [-0.25, -0.2) is 4.79 Å². The van der Waals surface area contributed by atoms with Crippen LogP contribution in [0.3, 0.4) is 0 Å². The Bertz CT molecular complexity index is 1670. The molecule has 6 rings (SSSR count). The highest BCUT2D eigenvalue weighted by atomic mass is 16.7. The Morgan fingerprint density at radius 3 is 1.00 bits per heavy atom. The zero-order valence-corrected chi connectivity index (χ0v) is 22.6. The number of carbonyl (C=O) groups excluding carboxylic acids is 1. The Balaban J connectivity index is 1.26. The van der Waals surface area contributed by atoms with E-state index in [4.69, 9.17) is 18.9 Å². The van der Waals surface area contributed by atoms with Crippen molar-refractivity contribution in [1.29, 1.82) is 0 Å². The molecule has 0 N–H and O–H groups in total. The monoisotopic (exact) mass is 550 g/mol. The maximum absolute atomic E-state index is 13.2. The van der Waals surface area contributed by atoms with Crippen LogP contribution in [0.25, 0.3) is 22.3 Å². The van der Waals surface area contributed by atoms with Gasteiger partial charge in [0.15, 0.2) is 0 Å². The van der Waals surface area contributed by atoms with Gasteiger partial charge in [-0.2, -0.15) is 0 Å². The van der Waals surface area contributed by atoms with Crippen LogP contribution in [0, 0.1) is 0 Å². The van der Waals surface area contributed by atoms with Crippen LogP contribution in [-0.4, -0.2) is 6.16 Å². The van der Waals surface area contributed by atoms with Gasteiger partial charge in [0.05, 0.1) is 0 Å². The van der Waals surface area contributed by atoms with Gasteiger partial charge in [0.25, 0.3) is 0 Å². The second kappa shape index (κ2) is 12.6. The van der Waals surface area contributed by atoms with Crippen molar-refractivity contribution in [3.05, 3.63) is 158 Å². The van der Waals surface area contributed by atoms with E-state index >= 15 is 0 Å². The van der Waals surface area contributed by atoms with E-state index in [1.165, 1.54) is 0 Å². The molecule has 0 saturated heterocycles. The minimum atomic E-state index is -0.863. The molecule has 0 fully saturated rings. The first kappa shape index (κ1) is 26.4. The molecule has 0 spiro atoms. The van der Waals surface area contributed by atoms with Crippen LogP contribution in [-0.2, 0) is 0 Å². The lowest BCUT2D eigenvalue weighted by Crippen LogP contribution is -2.14. The largest absolute Gasteiger partial charge is 0.519 e. The standard InChI is InChI=1S/C37H26O5/c38-37(41-35-25-13-9-21-31(35)29-19-7-11-23-33(29)39-27-15-3-1-4-16-27)42-36-26-14-10-22-32(36)30-20-8-12-24-34(30)40-28-17-5-2-6-18-28/h1-26H. The third-order valence-electron chi connectivity index (χ3n) is 6.46. The summed E-state index contributed by atoms with van der Waals surface area (Å²) in [5, 5.41) is 0. The van der Waals surface area contributed by atoms with Crippen LogP contribution >= 0.6 is 0 Å². The molecule has 0 aromatic heterocycles. The Kier molecular flexibility index (Phi) is 7.91. The molecular formula is C37H26O5. The number of ether oxygens (including phenoxy) is 4. The minimum Gasteiger partial charge on any atom is -0.457 e. The van der Waals surface area contributed by atoms with Crippen molar-refractivity contribution in [2.24, 2.45) is 0 Å². The maximum Gasteiger partial charge on any atom is 0.519 e. The molecule has 6 aromatic carbocycles. The molecule has 0 radical (unpaired) electrons. The first-order chi connectivity index (χ1) is 20.7. The van der Waals surface area contributed by atoms with Gasteiger partial charge >= 0.3 is 6.16 Å². The van der Waals surface area contributed by atoms with E-state index in [0.29, 0.717) is 45.6 Å². The third kappa shape index (κ3) is 6.16. The fourth-order valence-electron chi connectivity index (χ4n) is 4.54. The van der Waals surface area contributed by atoms with Gasteiger partial charge in [-0.15, -0.1) is 0 Å². The zero-order chi connectivity index (χ0) is 28.6. The van der Waals surface area contributed by atoms with E-state index in [1.807, 2.05) is 133 Å². The molecule has 5 nitrogen and oxygen atoms in total. The van der Waals surface area contributed by atoms with E-state index < -0.39 is 6.16 Å². The minimum absolute atomic E-state index is 0.344. The lowest BCUT2D eigenvalue weighted by Gasteiger charge is -2.16. The summed E-state index contributed by atoms with van der Waals surface area (Å²) in [5.74, 6) is 3.36. The summed E-state index contributed by atoms with van der Waals surface area (Å²) in [7, 11) is 0. The van der Waals surface area contributed by atoms with Crippen LogP contribution < -0.4 is 18.9 Å². The van der Waals surface area contributed by atoms with Crippen LogP contribution in [0.4, 0.5) is 4.79 Å². The van der Waals surface area contributed by atoms with Crippen molar-refractivity contribution in [1.82, 2.24) is 0 Å². The molecule has 0 heterocycles. The number of carbonyl (C=O) groups is 1. The van der Waals surface area contributed by atoms with Gasteiger partial charge in [0, 0.05) is 22.3 Å². The lowest BCUT2D eigenvalue weighted by molar-refractivity contribution is 0.152. The molecule has 0 unspecified atom stereocenters. The summed E-state index contributed by atoms with van der Waals surface area (Å²) in [4.78, 5) is 13.2. The molecular weight excluding hydrogens is 524 g/mol. The second-order valence-corrected chi connectivity index (χ2v) is 9.27. The van der Waals surface area contributed by atoms with Crippen molar-refractivity contribution in [3.63, 3.8) is 0 Å². The Morgan fingerprint density at radius 2 is 0.619 bits per heavy atom. The van der Waals surface area contributed by atoms with Crippen molar-refractivity contribution in [2.75, 3.05) is 0 Å². The van der Waals surface area contributed by atoms with Gasteiger partial charge in [0.1, 0.15) is 34.5 Å². The zero-order valence-electron chi connectivity index (χ0n) is 22.6. The normalized spacial score (nSPS) is 10.5. The summed E-state index contributed by atoms with van der Waals surface area (Å²) >= 11 is 0. The van der Waals surface area contributed by atoms with Crippen LogP contribution in [0.15, 0.2) is 158 Å². The fourth-order valence-corrected chi connectivity index (χ4v) is 4.54. The summed E-state index contributed by atoms with van der Waals surface area (Å²) in [5.41, 5.74) is 2.93. The fraction of sp³-hybridized carbons (Fsp3) is 0. The van der Waals surface area contributed by atoms with Gasteiger partial charge in [-0.05, 0) is 48.5 Å². The molecule has 0 bridgehead atoms. The van der Waals surface area contributed by atoms with E-state index in [1.54, 1.807) is 24.3 Å². The van der Waals surface area contributed by atoms with Crippen molar-refractivity contribution < 1.29 is 23.7 Å². The maximum atomic E-state index is 13.2. The van der Waals surface area contributed by atoms with E-state index in [0.717, 1.165) is 11.1 Å². The van der Waals surface area contributed by atoms with Crippen molar-refractivity contribution >= 4 is 6.16 Å². The number of hydrogen-bond donors (Lipinski definition) is 0. The Hall–Kier alpha value is -5.81. The number of benzene rings is 6. The molecule has 0 aliphatic heterocycles. The summed E-state index contributed by atoms with van der Waals surface area (Å²) in [6.07, 6.45) is -0.863.